The van der Waals surface area contributed by atoms with Crippen LogP contribution < -0.4 is 11.0 Å². The quantitative estimate of drug-likeness (QED) is 0.482. The molecule has 0 radical (unpaired) electrons. The normalized spacial score (nSPS) is 12.2. The van der Waals surface area contributed by atoms with Crippen LogP contribution >= 0.6 is 0 Å². The number of carbonyl (C=O) groups excluding carboxylic acids is 1. The Morgan fingerprint density at radius 2 is 1.77 bits per heavy atom. The average molecular weight is 350 g/mol. The van der Waals surface area contributed by atoms with Crippen LogP contribution in [0.3, 0.4) is 0 Å². The van der Waals surface area contributed by atoms with Crippen LogP contribution in [0.4, 0.5) is 0 Å². The van der Waals surface area contributed by atoms with E-state index in [1.165, 1.54) is 10.9 Å². The molecule has 2 aromatic carbocycles. The molecule has 3 aromatic rings. The minimum absolute atomic E-state index is 0.282. The van der Waals surface area contributed by atoms with Crippen LogP contribution in [0.25, 0.3) is 5.69 Å². The summed E-state index contributed by atoms with van der Waals surface area (Å²) in [4.78, 5) is 24.5. The van der Waals surface area contributed by atoms with Gasteiger partial charge in [0, 0.05) is 5.69 Å². The standard InChI is InChI=1S/C19H18N4O3/c1-13-16(19(26)23(22-13)15-10-6-3-7-11-15)12-20-21-18(25)17(24)14-8-4-2-5-9-14/h2-12,17,22,24H,1H3,(H,21,25)/b20-12-/t17-/m1/s1. The van der Waals surface area contributed by atoms with Gasteiger partial charge in [-0.05, 0) is 24.6 Å². The first kappa shape index (κ1) is 17.4. The SMILES string of the molecule is Cc1[nH]n(-c2ccccc2)c(=O)c1/C=N\NC(=O)[C@H](O)c1ccccc1. The van der Waals surface area contributed by atoms with Crippen molar-refractivity contribution >= 4 is 12.1 Å². The van der Waals surface area contributed by atoms with E-state index in [0.29, 0.717) is 22.5 Å². The van der Waals surface area contributed by atoms with Crippen molar-refractivity contribution in [3.63, 3.8) is 0 Å². The highest BCUT2D eigenvalue weighted by Gasteiger charge is 2.16. The van der Waals surface area contributed by atoms with E-state index in [2.05, 4.69) is 15.6 Å². The van der Waals surface area contributed by atoms with Gasteiger partial charge in [-0.2, -0.15) is 5.10 Å². The van der Waals surface area contributed by atoms with E-state index in [1.54, 1.807) is 49.4 Å². The number of aliphatic hydroxyl groups is 1. The molecule has 0 unspecified atom stereocenters. The fourth-order valence-electron chi connectivity index (χ4n) is 2.48. The highest BCUT2D eigenvalue weighted by Crippen LogP contribution is 2.11. The van der Waals surface area contributed by atoms with Crippen molar-refractivity contribution in [2.24, 2.45) is 5.10 Å². The molecule has 132 valence electrons. The van der Waals surface area contributed by atoms with Gasteiger partial charge in [-0.1, -0.05) is 48.5 Å². The highest BCUT2D eigenvalue weighted by molar-refractivity contribution is 5.85. The van der Waals surface area contributed by atoms with Gasteiger partial charge in [0.15, 0.2) is 6.10 Å². The smallest absolute Gasteiger partial charge is 0.280 e. The predicted octanol–water partition coefficient (Wildman–Crippen LogP) is 1.66. The van der Waals surface area contributed by atoms with Crippen LogP contribution in [-0.2, 0) is 4.79 Å². The fourth-order valence-corrected chi connectivity index (χ4v) is 2.48. The largest absolute Gasteiger partial charge is 0.378 e. The van der Waals surface area contributed by atoms with Crippen molar-refractivity contribution in [2.75, 3.05) is 0 Å². The number of amides is 1. The Kier molecular flexibility index (Phi) is 5.09. The number of aryl methyl sites for hydroxylation is 1. The number of carbonyl (C=O) groups is 1. The molecule has 1 aromatic heterocycles. The first-order chi connectivity index (χ1) is 12.6. The zero-order valence-electron chi connectivity index (χ0n) is 14.1. The number of aromatic nitrogens is 2. The number of hydrogen-bond donors (Lipinski definition) is 3. The number of nitrogens with zero attached hydrogens (tertiary/aromatic N) is 2. The van der Waals surface area contributed by atoms with Gasteiger partial charge in [0.25, 0.3) is 11.5 Å². The zero-order valence-corrected chi connectivity index (χ0v) is 14.1. The molecule has 1 heterocycles. The zero-order chi connectivity index (χ0) is 18.5. The van der Waals surface area contributed by atoms with Crippen LogP contribution in [0.15, 0.2) is 70.6 Å². The molecular weight excluding hydrogens is 332 g/mol. The highest BCUT2D eigenvalue weighted by atomic mass is 16.3. The molecule has 3 N–H and O–H groups in total. The van der Waals surface area contributed by atoms with E-state index in [4.69, 9.17) is 0 Å². The van der Waals surface area contributed by atoms with Crippen LogP contribution in [0, 0.1) is 6.92 Å². The van der Waals surface area contributed by atoms with Crippen molar-refractivity contribution in [1.29, 1.82) is 0 Å². The summed E-state index contributed by atoms with van der Waals surface area (Å²) in [6.45, 7) is 1.74. The number of hydrazone groups is 1. The fraction of sp³-hybridized carbons (Fsp3) is 0.105. The van der Waals surface area contributed by atoms with Gasteiger partial charge >= 0.3 is 0 Å². The number of para-hydroxylation sites is 1. The van der Waals surface area contributed by atoms with E-state index in [0.717, 1.165) is 0 Å². The third kappa shape index (κ3) is 3.62. The number of nitrogens with one attached hydrogen (secondary N) is 2. The van der Waals surface area contributed by atoms with Gasteiger partial charge in [0.05, 0.1) is 17.5 Å². The first-order valence-electron chi connectivity index (χ1n) is 8.01. The summed E-state index contributed by atoms with van der Waals surface area (Å²) in [5.41, 5.74) is 4.06. The Hall–Kier alpha value is -3.45. The third-order valence-corrected chi connectivity index (χ3v) is 3.86. The molecule has 0 spiro atoms. The third-order valence-electron chi connectivity index (χ3n) is 3.86. The predicted molar refractivity (Wildman–Crippen MR) is 98.3 cm³/mol. The Labute approximate surface area is 149 Å². The van der Waals surface area contributed by atoms with Crippen molar-refractivity contribution in [2.45, 2.75) is 13.0 Å². The number of rotatable bonds is 5. The molecule has 0 bridgehead atoms. The van der Waals surface area contributed by atoms with Crippen LogP contribution in [0.5, 0.6) is 0 Å². The van der Waals surface area contributed by atoms with E-state index in [9.17, 15) is 14.7 Å². The molecule has 0 aliphatic rings. The minimum Gasteiger partial charge on any atom is -0.378 e. The molecule has 26 heavy (non-hydrogen) atoms. The number of H-pyrrole nitrogens is 1. The first-order valence-corrected chi connectivity index (χ1v) is 8.01. The van der Waals surface area contributed by atoms with Gasteiger partial charge in [-0.15, -0.1) is 0 Å². The van der Waals surface area contributed by atoms with E-state index >= 15 is 0 Å². The molecule has 0 saturated carbocycles. The summed E-state index contributed by atoms with van der Waals surface area (Å²) in [6.07, 6.45) is -0.0647. The summed E-state index contributed by atoms with van der Waals surface area (Å²) in [5.74, 6) is -0.677. The second kappa shape index (κ2) is 7.62. The van der Waals surface area contributed by atoms with Gasteiger partial charge in [0.2, 0.25) is 0 Å². The Morgan fingerprint density at radius 3 is 2.42 bits per heavy atom. The molecule has 7 nitrogen and oxygen atoms in total. The molecule has 0 saturated heterocycles. The molecular formula is C19H18N4O3. The maximum atomic E-state index is 12.5. The molecule has 1 amide bonds. The monoisotopic (exact) mass is 350 g/mol. The number of aromatic amines is 1. The number of aliphatic hydroxyl groups excluding tert-OH is 1. The van der Waals surface area contributed by atoms with Crippen LogP contribution in [-0.4, -0.2) is 27.0 Å². The number of benzene rings is 2. The second-order valence-corrected chi connectivity index (χ2v) is 5.67. The number of hydrogen-bond acceptors (Lipinski definition) is 4. The lowest BCUT2D eigenvalue weighted by molar-refractivity contribution is -0.129. The topological polar surface area (TPSA) is 99.5 Å². The molecule has 0 aliphatic carbocycles. The van der Waals surface area contributed by atoms with Gasteiger partial charge in [-0.25, -0.2) is 10.1 Å². The lowest BCUT2D eigenvalue weighted by Crippen LogP contribution is -2.25. The van der Waals surface area contributed by atoms with Crippen molar-refractivity contribution in [1.82, 2.24) is 15.2 Å². The van der Waals surface area contributed by atoms with E-state index in [1.807, 2.05) is 18.2 Å². The van der Waals surface area contributed by atoms with Gasteiger partial charge in [-0.3, -0.25) is 14.7 Å². The second-order valence-electron chi connectivity index (χ2n) is 5.67. The molecule has 1 atom stereocenters. The van der Waals surface area contributed by atoms with E-state index in [-0.39, 0.29) is 5.56 Å². The molecule has 0 aliphatic heterocycles. The Bertz CT molecular complexity index is 975. The molecule has 7 heteroatoms. The summed E-state index contributed by atoms with van der Waals surface area (Å²) in [7, 11) is 0. The summed E-state index contributed by atoms with van der Waals surface area (Å²) < 4.78 is 1.40. The lowest BCUT2D eigenvalue weighted by atomic mass is 10.1. The maximum Gasteiger partial charge on any atom is 0.280 e. The van der Waals surface area contributed by atoms with E-state index < -0.39 is 12.0 Å². The van der Waals surface area contributed by atoms with Crippen LogP contribution in [0.2, 0.25) is 0 Å². The molecule has 3 rings (SSSR count). The average Bonchev–Trinajstić information content (AvgIpc) is 2.97. The van der Waals surface area contributed by atoms with Gasteiger partial charge < -0.3 is 5.11 Å². The van der Waals surface area contributed by atoms with Crippen molar-refractivity contribution < 1.29 is 9.90 Å². The summed E-state index contributed by atoms with van der Waals surface area (Å²) >= 11 is 0. The Balaban J connectivity index is 1.74. The van der Waals surface area contributed by atoms with Gasteiger partial charge in [0.1, 0.15) is 0 Å². The van der Waals surface area contributed by atoms with Crippen molar-refractivity contribution in [3.05, 3.63) is 87.8 Å². The maximum absolute atomic E-state index is 12.5. The molecule has 0 fully saturated rings. The Morgan fingerprint density at radius 1 is 1.15 bits per heavy atom. The lowest BCUT2D eigenvalue weighted by Gasteiger charge is -2.08. The minimum atomic E-state index is -1.33. The summed E-state index contributed by atoms with van der Waals surface area (Å²) in [5, 5.41) is 16.8. The van der Waals surface area contributed by atoms with Crippen LogP contribution in [0.1, 0.15) is 22.9 Å². The van der Waals surface area contributed by atoms with Crippen molar-refractivity contribution in [3.8, 4) is 5.69 Å². The summed E-state index contributed by atoms with van der Waals surface area (Å²) in [6, 6.07) is 17.7.